The second-order valence-electron chi connectivity index (χ2n) is 4.40. The third-order valence-corrected chi connectivity index (χ3v) is 3.92. The third-order valence-electron chi connectivity index (χ3n) is 2.95. The molecule has 0 aromatic heterocycles. The van der Waals surface area contributed by atoms with Gasteiger partial charge in [-0.3, -0.25) is 0 Å². The number of hydrogen-bond acceptors (Lipinski definition) is 3. The SMILES string of the molecule is COc1ccc(/C=N/S(=O)c2ccc(C)cc2)c(OC)c1. The molecular formula is C16H17NO3S. The van der Waals surface area contributed by atoms with Gasteiger partial charge in [-0.15, -0.1) is 0 Å². The number of hydrogen-bond donors (Lipinski definition) is 0. The van der Waals surface area contributed by atoms with E-state index in [2.05, 4.69) is 4.40 Å². The number of nitrogens with zero attached hydrogens (tertiary/aromatic N) is 1. The summed E-state index contributed by atoms with van der Waals surface area (Å²) in [5, 5.41) is 0. The van der Waals surface area contributed by atoms with Crippen LogP contribution in [0.15, 0.2) is 51.8 Å². The summed E-state index contributed by atoms with van der Waals surface area (Å²) in [6, 6.07) is 12.8. The maximum absolute atomic E-state index is 12.1. The molecule has 0 fully saturated rings. The molecule has 0 spiro atoms. The van der Waals surface area contributed by atoms with Crippen LogP contribution in [-0.4, -0.2) is 24.6 Å². The fourth-order valence-electron chi connectivity index (χ4n) is 1.75. The van der Waals surface area contributed by atoms with Crippen molar-refractivity contribution in [1.29, 1.82) is 0 Å². The summed E-state index contributed by atoms with van der Waals surface area (Å²) in [4.78, 5) is 0.671. The highest BCUT2D eigenvalue weighted by molar-refractivity contribution is 7.83. The Morgan fingerprint density at radius 1 is 1.05 bits per heavy atom. The second kappa shape index (κ2) is 7.04. The van der Waals surface area contributed by atoms with Crippen LogP contribution >= 0.6 is 0 Å². The van der Waals surface area contributed by atoms with Gasteiger partial charge in [-0.25, -0.2) is 4.21 Å². The molecule has 4 nitrogen and oxygen atoms in total. The zero-order valence-electron chi connectivity index (χ0n) is 12.2. The molecule has 0 heterocycles. The summed E-state index contributed by atoms with van der Waals surface area (Å²) < 4.78 is 26.6. The molecule has 2 aromatic carbocycles. The first-order valence-electron chi connectivity index (χ1n) is 6.38. The van der Waals surface area contributed by atoms with Gasteiger partial charge in [-0.05, 0) is 31.2 Å². The van der Waals surface area contributed by atoms with E-state index in [0.29, 0.717) is 16.4 Å². The van der Waals surface area contributed by atoms with E-state index in [0.717, 1.165) is 11.1 Å². The maximum Gasteiger partial charge on any atom is 0.172 e. The van der Waals surface area contributed by atoms with Crippen LogP contribution in [0.1, 0.15) is 11.1 Å². The lowest BCUT2D eigenvalue weighted by atomic mass is 10.2. The number of benzene rings is 2. The molecule has 0 aliphatic rings. The highest BCUT2D eigenvalue weighted by Gasteiger charge is 2.04. The number of rotatable bonds is 5. The molecule has 0 aliphatic carbocycles. The van der Waals surface area contributed by atoms with Crippen LogP contribution in [0.4, 0.5) is 0 Å². The summed E-state index contributed by atoms with van der Waals surface area (Å²) in [5.41, 5.74) is 1.87. The molecule has 21 heavy (non-hydrogen) atoms. The fraction of sp³-hybridized carbons (Fsp3) is 0.188. The van der Waals surface area contributed by atoms with E-state index in [9.17, 15) is 4.21 Å². The molecule has 5 heteroatoms. The largest absolute Gasteiger partial charge is 0.497 e. The van der Waals surface area contributed by atoms with Gasteiger partial charge in [0.15, 0.2) is 11.0 Å². The lowest BCUT2D eigenvalue weighted by Crippen LogP contribution is -1.94. The molecule has 2 rings (SSSR count). The van der Waals surface area contributed by atoms with Crippen molar-refractivity contribution < 1.29 is 13.7 Å². The second-order valence-corrected chi connectivity index (χ2v) is 5.59. The predicted octanol–water partition coefficient (Wildman–Crippen LogP) is 3.15. The normalized spacial score (nSPS) is 12.3. The van der Waals surface area contributed by atoms with E-state index < -0.39 is 11.0 Å². The van der Waals surface area contributed by atoms with Gasteiger partial charge in [0.1, 0.15) is 11.5 Å². The number of methoxy groups -OCH3 is 2. The summed E-state index contributed by atoms with van der Waals surface area (Å²) in [5.74, 6) is 1.32. The molecule has 110 valence electrons. The summed E-state index contributed by atoms with van der Waals surface area (Å²) in [6.45, 7) is 1.98. The van der Waals surface area contributed by atoms with Crippen LogP contribution in [0, 0.1) is 6.92 Å². The molecule has 2 aromatic rings. The Balaban J connectivity index is 2.20. The van der Waals surface area contributed by atoms with Crippen molar-refractivity contribution in [3.05, 3.63) is 53.6 Å². The van der Waals surface area contributed by atoms with Crippen molar-refractivity contribution in [2.45, 2.75) is 11.8 Å². The molecule has 0 bridgehead atoms. The van der Waals surface area contributed by atoms with E-state index in [4.69, 9.17) is 9.47 Å². The minimum atomic E-state index is -1.43. The van der Waals surface area contributed by atoms with E-state index in [-0.39, 0.29) is 0 Å². The summed E-state index contributed by atoms with van der Waals surface area (Å²) in [6.07, 6.45) is 1.55. The average Bonchev–Trinajstić information content (AvgIpc) is 2.53. The van der Waals surface area contributed by atoms with Gasteiger partial charge in [-0.2, -0.15) is 4.40 Å². The first-order chi connectivity index (χ1) is 10.1. The molecule has 0 aliphatic heterocycles. The van der Waals surface area contributed by atoms with E-state index in [1.165, 1.54) is 0 Å². The maximum atomic E-state index is 12.1. The quantitative estimate of drug-likeness (QED) is 0.797. The molecule has 1 unspecified atom stereocenters. The van der Waals surface area contributed by atoms with Crippen LogP contribution < -0.4 is 9.47 Å². The lowest BCUT2D eigenvalue weighted by Gasteiger charge is -2.06. The summed E-state index contributed by atoms with van der Waals surface area (Å²) in [7, 11) is 1.74. The van der Waals surface area contributed by atoms with Crippen molar-refractivity contribution in [2.75, 3.05) is 14.2 Å². The predicted molar refractivity (Wildman–Crippen MR) is 84.7 cm³/mol. The lowest BCUT2D eigenvalue weighted by molar-refractivity contribution is 0.394. The van der Waals surface area contributed by atoms with Gasteiger partial charge >= 0.3 is 0 Å². The smallest absolute Gasteiger partial charge is 0.172 e. The average molecular weight is 303 g/mol. The third kappa shape index (κ3) is 3.92. The molecule has 0 saturated heterocycles. The molecule has 1 atom stereocenters. The Kier molecular flexibility index (Phi) is 5.11. The Morgan fingerprint density at radius 2 is 1.76 bits per heavy atom. The molecule has 0 saturated carbocycles. The number of aryl methyl sites for hydroxylation is 1. The highest BCUT2D eigenvalue weighted by atomic mass is 32.2. The van der Waals surface area contributed by atoms with Crippen molar-refractivity contribution in [1.82, 2.24) is 0 Å². The van der Waals surface area contributed by atoms with Crippen molar-refractivity contribution in [3.8, 4) is 11.5 Å². The van der Waals surface area contributed by atoms with Gasteiger partial charge in [0.25, 0.3) is 0 Å². The van der Waals surface area contributed by atoms with Crippen molar-refractivity contribution >= 4 is 17.2 Å². The standard InChI is InChI=1S/C16H17NO3S/c1-12-4-8-15(9-5-12)21(18)17-11-13-6-7-14(19-2)10-16(13)20-3/h4-11H,1-3H3/b17-11+. The van der Waals surface area contributed by atoms with Crippen LogP contribution in [0.2, 0.25) is 0 Å². The minimum absolute atomic E-state index is 0.624. The highest BCUT2D eigenvalue weighted by Crippen LogP contribution is 2.23. The van der Waals surface area contributed by atoms with Crippen LogP contribution in [0.25, 0.3) is 0 Å². The van der Waals surface area contributed by atoms with E-state index >= 15 is 0 Å². The van der Waals surface area contributed by atoms with E-state index in [1.54, 1.807) is 32.6 Å². The van der Waals surface area contributed by atoms with Crippen LogP contribution in [0.5, 0.6) is 11.5 Å². The van der Waals surface area contributed by atoms with E-state index in [1.807, 2.05) is 37.3 Å². The first kappa shape index (κ1) is 15.3. The summed E-state index contributed by atoms with van der Waals surface area (Å²) >= 11 is 0. The van der Waals surface area contributed by atoms with Gasteiger partial charge in [-0.1, -0.05) is 17.7 Å². The van der Waals surface area contributed by atoms with Gasteiger partial charge in [0, 0.05) is 17.8 Å². The topological polar surface area (TPSA) is 47.9 Å². The van der Waals surface area contributed by atoms with Crippen molar-refractivity contribution in [3.63, 3.8) is 0 Å². The first-order valence-corrected chi connectivity index (χ1v) is 7.49. The molecule has 0 N–H and O–H groups in total. The number of ether oxygens (including phenoxy) is 2. The van der Waals surface area contributed by atoms with Gasteiger partial charge < -0.3 is 9.47 Å². The minimum Gasteiger partial charge on any atom is -0.497 e. The zero-order valence-corrected chi connectivity index (χ0v) is 13.0. The zero-order chi connectivity index (χ0) is 15.2. The van der Waals surface area contributed by atoms with Crippen molar-refractivity contribution in [2.24, 2.45) is 4.40 Å². The molecule has 0 amide bonds. The Bertz CT molecular complexity index is 666. The van der Waals surface area contributed by atoms with Crippen LogP contribution in [-0.2, 0) is 11.0 Å². The molecule has 0 radical (unpaired) electrons. The Labute approximate surface area is 127 Å². The Morgan fingerprint density at radius 3 is 2.38 bits per heavy atom. The van der Waals surface area contributed by atoms with Gasteiger partial charge in [0.05, 0.1) is 19.1 Å². The Hall–Kier alpha value is -2.14. The molecular weight excluding hydrogens is 286 g/mol. The van der Waals surface area contributed by atoms with Crippen LogP contribution in [0.3, 0.4) is 0 Å². The van der Waals surface area contributed by atoms with Gasteiger partial charge in [0.2, 0.25) is 0 Å². The fourth-order valence-corrected chi connectivity index (χ4v) is 2.45. The monoisotopic (exact) mass is 303 g/mol.